The minimum Gasteiger partial charge on any atom is -0.382 e. The van der Waals surface area contributed by atoms with Crippen LogP contribution in [0.1, 0.15) is 16.7 Å². The maximum atomic E-state index is 13.7. The first-order valence-corrected chi connectivity index (χ1v) is 11.8. The summed E-state index contributed by atoms with van der Waals surface area (Å²) >= 11 is 0. The third-order valence-corrected chi connectivity index (χ3v) is 7.18. The summed E-state index contributed by atoms with van der Waals surface area (Å²) < 4.78 is 28.7. The molecule has 0 fully saturated rings. The molecule has 0 radical (unpaired) electrons. The minimum atomic E-state index is -3.98. The molecule has 5 aromatic rings. The summed E-state index contributed by atoms with van der Waals surface area (Å²) in [5.41, 5.74) is 10.8. The fourth-order valence-electron chi connectivity index (χ4n) is 3.78. The zero-order valence-electron chi connectivity index (χ0n) is 18.1. The molecule has 0 aliphatic rings. The Kier molecular flexibility index (Phi) is 4.94. The third kappa shape index (κ3) is 3.64. The van der Waals surface area contributed by atoms with E-state index in [2.05, 4.69) is 15.1 Å². The van der Waals surface area contributed by atoms with Crippen molar-refractivity contribution in [3.63, 3.8) is 0 Å². The van der Waals surface area contributed by atoms with Crippen molar-refractivity contribution in [1.82, 2.24) is 14.6 Å². The van der Waals surface area contributed by atoms with E-state index >= 15 is 0 Å². The van der Waals surface area contributed by atoms with Gasteiger partial charge in [0.2, 0.25) is 9.84 Å². The van der Waals surface area contributed by atoms with Crippen LogP contribution in [0.25, 0.3) is 22.2 Å². The van der Waals surface area contributed by atoms with Gasteiger partial charge in [-0.2, -0.15) is 9.78 Å². The topological polar surface area (TPSA) is 103 Å². The Morgan fingerprint density at radius 1 is 0.879 bits per heavy atom. The Labute approximate surface area is 191 Å². The van der Waals surface area contributed by atoms with Gasteiger partial charge in [0.05, 0.1) is 22.1 Å². The van der Waals surface area contributed by atoms with Gasteiger partial charge in [0, 0.05) is 0 Å². The van der Waals surface area contributed by atoms with E-state index in [9.17, 15) is 8.42 Å². The van der Waals surface area contributed by atoms with Crippen molar-refractivity contribution in [2.24, 2.45) is 5.10 Å². The van der Waals surface area contributed by atoms with E-state index in [0.717, 1.165) is 16.7 Å². The number of nitrogen functional groups attached to an aromatic ring is 1. The molecule has 7 nitrogen and oxygen atoms in total. The number of anilines is 1. The van der Waals surface area contributed by atoms with E-state index < -0.39 is 9.84 Å². The molecule has 5 rings (SSSR count). The van der Waals surface area contributed by atoms with Crippen LogP contribution in [-0.4, -0.2) is 29.3 Å². The minimum absolute atomic E-state index is 0.0364. The molecule has 0 unspecified atom stereocenters. The number of hydrogen-bond acceptors (Lipinski definition) is 6. The van der Waals surface area contributed by atoms with E-state index in [1.165, 1.54) is 4.68 Å². The summed E-state index contributed by atoms with van der Waals surface area (Å²) in [6.45, 7) is 3.83. The van der Waals surface area contributed by atoms with Crippen LogP contribution in [0.15, 0.2) is 87.7 Å². The predicted molar refractivity (Wildman–Crippen MR) is 130 cm³/mol. The van der Waals surface area contributed by atoms with Crippen LogP contribution in [0, 0.1) is 13.8 Å². The lowest BCUT2D eigenvalue weighted by atomic mass is 10.2. The molecule has 0 aliphatic heterocycles. The van der Waals surface area contributed by atoms with E-state index in [4.69, 9.17) is 5.73 Å². The average Bonchev–Trinajstić information content (AvgIpc) is 3.07. The molecule has 33 heavy (non-hydrogen) atoms. The van der Waals surface area contributed by atoms with Gasteiger partial charge in [-0.1, -0.05) is 54.1 Å². The van der Waals surface area contributed by atoms with Gasteiger partial charge in [0.1, 0.15) is 16.2 Å². The zero-order valence-corrected chi connectivity index (χ0v) is 18.9. The number of para-hydroxylation sites is 2. The van der Waals surface area contributed by atoms with Crippen molar-refractivity contribution in [3.8, 4) is 0 Å². The van der Waals surface area contributed by atoms with Gasteiger partial charge in [-0.05, 0) is 49.2 Å². The molecule has 2 aromatic heterocycles. The molecule has 164 valence electrons. The van der Waals surface area contributed by atoms with Crippen molar-refractivity contribution >= 4 is 44.1 Å². The first-order valence-electron chi connectivity index (χ1n) is 10.3. The second kappa shape index (κ2) is 7.83. The molecule has 2 heterocycles. The molecule has 0 saturated heterocycles. The highest BCUT2D eigenvalue weighted by molar-refractivity contribution is 7.92. The molecule has 0 amide bonds. The molecule has 0 atom stereocenters. The van der Waals surface area contributed by atoms with Gasteiger partial charge >= 0.3 is 0 Å². The first-order chi connectivity index (χ1) is 15.8. The van der Waals surface area contributed by atoms with Crippen LogP contribution in [0.2, 0.25) is 0 Å². The lowest BCUT2D eigenvalue weighted by Crippen LogP contribution is -2.07. The summed E-state index contributed by atoms with van der Waals surface area (Å²) in [6.07, 6.45) is 1.63. The fourth-order valence-corrected chi connectivity index (χ4v) is 5.37. The van der Waals surface area contributed by atoms with Crippen LogP contribution >= 0.6 is 0 Å². The quantitative estimate of drug-likeness (QED) is 0.402. The summed E-state index contributed by atoms with van der Waals surface area (Å²) in [6, 6.07) is 21.8. The van der Waals surface area contributed by atoms with E-state index in [0.29, 0.717) is 11.0 Å². The van der Waals surface area contributed by atoms with Crippen molar-refractivity contribution in [2.45, 2.75) is 23.6 Å². The monoisotopic (exact) mass is 455 g/mol. The number of aromatic nitrogens is 3. The third-order valence-electron chi connectivity index (χ3n) is 5.36. The van der Waals surface area contributed by atoms with Crippen LogP contribution in [-0.2, 0) is 9.84 Å². The molecule has 0 bridgehead atoms. The first kappa shape index (κ1) is 20.8. The van der Waals surface area contributed by atoms with Gasteiger partial charge in [-0.25, -0.2) is 18.4 Å². The van der Waals surface area contributed by atoms with Gasteiger partial charge in [0.25, 0.3) is 0 Å². The van der Waals surface area contributed by atoms with Crippen LogP contribution in [0.4, 0.5) is 5.82 Å². The normalized spacial score (nSPS) is 12.2. The highest BCUT2D eigenvalue weighted by Gasteiger charge is 2.30. The molecular weight excluding hydrogens is 434 g/mol. The highest BCUT2D eigenvalue weighted by Crippen LogP contribution is 2.35. The molecule has 3 aromatic carbocycles. The Morgan fingerprint density at radius 3 is 2.24 bits per heavy atom. The maximum absolute atomic E-state index is 13.7. The number of sulfone groups is 1. The van der Waals surface area contributed by atoms with Crippen LogP contribution < -0.4 is 5.73 Å². The number of nitrogens with zero attached hydrogens (tertiary/aromatic N) is 4. The summed E-state index contributed by atoms with van der Waals surface area (Å²) in [4.78, 5) is 9.33. The Hall–Kier alpha value is -4.04. The Morgan fingerprint density at radius 2 is 1.55 bits per heavy atom. The van der Waals surface area contributed by atoms with Crippen molar-refractivity contribution in [3.05, 3.63) is 89.5 Å². The predicted octanol–water partition coefficient (Wildman–Crippen LogP) is 4.50. The Bertz CT molecular complexity index is 1670. The number of hydrogen-bond donors (Lipinski definition) is 1. The average molecular weight is 456 g/mol. The van der Waals surface area contributed by atoms with Crippen molar-refractivity contribution < 1.29 is 8.42 Å². The van der Waals surface area contributed by atoms with E-state index in [1.54, 1.807) is 30.5 Å². The van der Waals surface area contributed by atoms with Gasteiger partial charge in [-0.3, -0.25) is 0 Å². The Balaban J connectivity index is 1.81. The fraction of sp³-hybridized carbons (Fsp3) is 0.0800. The van der Waals surface area contributed by atoms with Crippen molar-refractivity contribution in [1.29, 1.82) is 0 Å². The number of nitrogens with two attached hydrogens (primary N) is 1. The summed E-state index contributed by atoms with van der Waals surface area (Å²) in [5.74, 6) is -0.0364. The number of aryl methyl sites for hydroxylation is 2. The molecule has 8 heteroatoms. The standard InChI is InChI=1S/C25H21N5O2S/c1-16-7-5-9-18(13-16)15-27-30-24(26)23(33(31,32)19-10-6-8-17(2)14-19)22-25(30)29-21-12-4-3-11-20(21)28-22/h3-15H,26H2,1-2H3. The smallest absolute Gasteiger partial charge is 0.212 e. The SMILES string of the molecule is Cc1cccc(C=Nn2c(N)c(S(=O)(=O)c3cccc(C)c3)c3nc4ccccc4nc32)c1. The molecular formula is C25H21N5O2S. The van der Waals surface area contributed by atoms with Crippen LogP contribution in [0.3, 0.4) is 0 Å². The summed E-state index contributed by atoms with van der Waals surface area (Å²) in [7, 11) is -3.98. The largest absolute Gasteiger partial charge is 0.382 e. The van der Waals surface area contributed by atoms with Gasteiger partial charge < -0.3 is 5.73 Å². The molecule has 2 N–H and O–H groups in total. The second-order valence-corrected chi connectivity index (χ2v) is 9.78. The van der Waals surface area contributed by atoms with Crippen LogP contribution in [0.5, 0.6) is 0 Å². The molecule has 0 aliphatic carbocycles. The second-order valence-electron chi connectivity index (χ2n) is 7.89. The van der Waals surface area contributed by atoms with E-state index in [-0.39, 0.29) is 26.8 Å². The lowest BCUT2D eigenvalue weighted by molar-refractivity contribution is 0.597. The number of fused-ring (bicyclic) bond motifs is 2. The maximum Gasteiger partial charge on any atom is 0.212 e. The molecule has 0 saturated carbocycles. The number of benzene rings is 3. The van der Waals surface area contributed by atoms with Crippen molar-refractivity contribution in [2.75, 3.05) is 5.73 Å². The van der Waals surface area contributed by atoms with E-state index in [1.807, 2.05) is 62.4 Å². The lowest BCUT2D eigenvalue weighted by Gasteiger charge is -2.06. The number of rotatable bonds is 4. The molecule has 0 spiro atoms. The highest BCUT2D eigenvalue weighted by atomic mass is 32.2. The van der Waals surface area contributed by atoms with Gasteiger partial charge in [0.15, 0.2) is 5.65 Å². The summed E-state index contributed by atoms with van der Waals surface area (Å²) in [5, 5.41) is 4.50. The van der Waals surface area contributed by atoms with Gasteiger partial charge in [-0.15, -0.1) is 0 Å². The zero-order chi connectivity index (χ0) is 23.2.